The van der Waals surface area contributed by atoms with E-state index >= 15 is 0 Å². The lowest BCUT2D eigenvalue weighted by atomic mass is 9.41. The molecule has 1 unspecified atom stereocenters. The van der Waals surface area contributed by atoms with Crippen LogP contribution in [-0.4, -0.2) is 33.4 Å². The third kappa shape index (κ3) is 3.60. The monoisotopic (exact) mass is 441 g/mol. The van der Waals surface area contributed by atoms with Crippen molar-refractivity contribution in [1.82, 2.24) is 0 Å². The molecule has 4 saturated carbocycles. The first-order valence-electron chi connectivity index (χ1n) is 12.7. The normalized spacial score (nSPS) is 52.1. The summed E-state index contributed by atoms with van der Waals surface area (Å²) >= 11 is 0. The summed E-state index contributed by atoms with van der Waals surface area (Å²) in [6, 6.07) is 0. The number of rotatable bonds is 4. The lowest BCUT2D eigenvalue weighted by Gasteiger charge is -2.66. The molecule has 0 aliphatic heterocycles. The van der Waals surface area contributed by atoms with Crippen molar-refractivity contribution in [3.05, 3.63) is 0 Å². The molecule has 180 valence electrons. The van der Waals surface area contributed by atoms with E-state index in [-0.39, 0.29) is 34.6 Å². The zero-order chi connectivity index (χ0) is 23.0. The molecule has 5 heteroatoms. The first kappa shape index (κ1) is 23.9. The summed E-state index contributed by atoms with van der Waals surface area (Å²) in [6.07, 6.45) is 7.15. The smallest absolute Gasteiger partial charge is 0.273 e. The molecule has 4 aliphatic carbocycles. The Morgan fingerprint density at radius 1 is 0.935 bits per heavy atom. The van der Waals surface area contributed by atoms with Crippen LogP contribution >= 0.6 is 0 Å². The predicted octanol–water partition coefficient (Wildman–Crippen LogP) is 5.52. The van der Waals surface area contributed by atoms with E-state index in [0.29, 0.717) is 17.8 Å². The number of alkyl halides is 2. The molecule has 31 heavy (non-hydrogen) atoms. The van der Waals surface area contributed by atoms with Gasteiger partial charge in [0.2, 0.25) is 0 Å². The lowest BCUT2D eigenvalue weighted by molar-refractivity contribution is -0.161. The minimum Gasteiger partial charge on any atom is -0.390 e. The van der Waals surface area contributed by atoms with Crippen molar-refractivity contribution in [2.24, 2.45) is 46.2 Å². The highest BCUT2D eigenvalue weighted by atomic mass is 19.3. The van der Waals surface area contributed by atoms with Crippen LogP contribution in [0, 0.1) is 40.4 Å². The Balaban J connectivity index is 1.57. The molecule has 0 aromatic carbocycles. The van der Waals surface area contributed by atoms with Crippen LogP contribution in [0.5, 0.6) is 0 Å². The van der Waals surface area contributed by atoms with E-state index in [4.69, 9.17) is 5.73 Å². The Kier molecular flexibility index (Phi) is 5.68. The van der Waals surface area contributed by atoms with Gasteiger partial charge in [-0.25, -0.2) is 8.78 Å². The van der Waals surface area contributed by atoms with Crippen LogP contribution in [-0.2, 0) is 0 Å². The van der Waals surface area contributed by atoms with Crippen LogP contribution in [0.2, 0.25) is 0 Å². The largest absolute Gasteiger partial charge is 0.390 e. The van der Waals surface area contributed by atoms with E-state index in [1.807, 2.05) is 13.8 Å². The van der Waals surface area contributed by atoms with E-state index in [0.717, 1.165) is 57.8 Å². The summed E-state index contributed by atoms with van der Waals surface area (Å²) in [6.45, 7) is 9.91. The summed E-state index contributed by atoms with van der Waals surface area (Å²) in [5.41, 5.74) is 6.79. The number of hydrogen-bond donors (Lipinski definition) is 3. The number of nitrogens with two attached hydrogens (primary N) is 1. The third-order valence-corrected chi connectivity index (χ3v) is 11.1. The number of fused-ring (bicyclic) bond motifs is 5. The summed E-state index contributed by atoms with van der Waals surface area (Å²) < 4.78 is 28.7. The molecule has 10 atom stereocenters. The average Bonchev–Trinajstić information content (AvgIpc) is 3.00. The molecular weight excluding hydrogens is 396 g/mol. The fraction of sp³-hybridized carbons (Fsp3) is 1.00. The highest BCUT2D eigenvalue weighted by Crippen LogP contribution is 2.69. The quantitative estimate of drug-likeness (QED) is 0.538. The molecular formula is C26H45F2NO2. The Morgan fingerprint density at radius 3 is 2.23 bits per heavy atom. The third-order valence-electron chi connectivity index (χ3n) is 11.1. The highest BCUT2D eigenvalue weighted by molar-refractivity contribution is 5.19. The van der Waals surface area contributed by atoms with Gasteiger partial charge in [0, 0.05) is 12.0 Å². The van der Waals surface area contributed by atoms with E-state index in [1.165, 1.54) is 6.92 Å². The Hall–Kier alpha value is -0.260. The van der Waals surface area contributed by atoms with Crippen molar-refractivity contribution in [3.63, 3.8) is 0 Å². The van der Waals surface area contributed by atoms with Crippen molar-refractivity contribution >= 4 is 0 Å². The maximum Gasteiger partial charge on any atom is 0.273 e. The van der Waals surface area contributed by atoms with Gasteiger partial charge in [-0.15, -0.1) is 0 Å². The molecule has 0 saturated heterocycles. The second-order valence-electron chi connectivity index (χ2n) is 13.0. The second kappa shape index (κ2) is 7.37. The molecule has 0 spiro atoms. The van der Waals surface area contributed by atoms with Gasteiger partial charge in [0.15, 0.2) is 0 Å². The van der Waals surface area contributed by atoms with Gasteiger partial charge in [0.05, 0.1) is 5.60 Å². The van der Waals surface area contributed by atoms with Crippen LogP contribution in [0.3, 0.4) is 0 Å². The summed E-state index contributed by atoms with van der Waals surface area (Å²) in [4.78, 5) is 0. The van der Waals surface area contributed by atoms with E-state index < -0.39 is 17.6 Å². The van der Waals surface area contributed by atoms with Crippen LogP contribution in [0.1, 0.15) is 98.8 Å². The van der Waals surface area contributed by atoms with Gasteiger partial charge in [-0.05, 0) is 112 Å². The molecule has 0 heterocycles. The van der Waals surface area contributed by atoms with Gasteiger partial charge in [-0.3, -0.25) is 0 Å². The van der Waals surface area contributed by atoms with Gasteiger partial charge in [0.1, 0.15) is 6.10 Å². The van der Waals surface area contributed by atoms with Crippen molar-refractivity contribution in [2.45, 2.75) is 122 Å². The zero-order valence-electron chi connectivity index (χ0n) is 20.3. The van der Waals surface area contributed by atoms with Crippen LogP contribution in [0.25, 0.3) is 0 Å². The molecule has 4 fully saturated rings. The maximum absolute atomic E-state index is 14.3. The maximum atomic E-state index is 14.3. The minimum atomic E-state index is -3.03. The standard InChI is InChI=1S/C26H45F2NO2/c1-16(14-26(27,28)17(2)30)19-6-7-20-24(19,5)10-9-21-23(4)13-12-22(3,31)15-18(23)8-11-25(20,21)29/h16-21,30-31H,6-15,29H2,1-5H3/t16-,17-,18+,19-,20-,21-,22+,23?,24-,25-/m1/s1. The molecule has 0 bridgehead atoms. The Morgan fingerprint density at radius 2 is 1.58 bits per heavy atom. The Bertz CT molecular complexity index is 697. The molecule has 0 aromatic heterocycles. The molecule has 4 aliphatic rings. The van der Waals surface area contributed by atoms with Gasteiger partial charge in [-0.1, -0.05) is 20.8 Å². The second-order valence-corrected chi connectivity index (χ2v) is 13.0. The van der Waals surface area contributed by atoms with Crippen molar-refractivity contribution < 1.29 is 19.0 Å². The van der Waals surface area contributed by atoms with Crippen molar-refractivity contribution in [3.8, 4) is 0 Å². The van der Waals surface area contributed by atoms with Crippen molar-refractivity contribution in [2.75, 3.05) is 0 Å². The zero-order valence-corrected chi connectivity index (χ0v) is 20.3. The number of aliphatic hydroxyl groups is 2. The molecule has 4 N–H and O–H groups in total. The number of halogens is 2. The van der Waals surface area contributed by atoms with Crippen molar-refractivity contribution in [1.29, 1.82) is 0 Å². The fourth-order valence-corrected chi connectivity index (χ4v) is 9.37. The van der Waals surface area contributed by atoms with E-state index in [2.05, 4.69) is 13.8 Å². The highest BCUT2D eigenvalue weighted by Gasteiger charge is 2.66. The summed E-state index contributed by atoms with van der Waals surface area (Å²) in [5, 5.41) is 20.2. The van der Waals surface area contributed by atoms with Crippen LogP contribution < -0.4 is 5.73 Å². The minimum absolute atomic E-state index is 0.00277. The summed E-state index contributed by atoms with van der Waals surface area (Å²) in [7, 11) is 0. The fourth-order valence-electron chi connectivity index (χ4n) is 9.37. The summed E-state index contributed by atoms with van der Waals surface area (Å²) in [5.74, 6) is -1.55. The molecule has 0 radical (unpaired) electrons. The number of aliphatic hydroxyl groups excluding tert-OH is 1. The van der Waals surface area contributed by atoms with Gasteiger partial charge in [-0.2, -0.15) is 0 Å². The van der Waals surface area contributed by atoms with Crippen LogP contribution in [0.4, 0.5) is 8.78 Å². The number of hydrogen-bond acceptors (Lipinski definition) is 3. The Labute approximate surface area is 187 Å². The molecule has 0 amide bonds. The first-order valence-corrected chi connectivity index (χ1v) is 12.7. The molecule has 0 aromatic rings. The van der Waals surface area contributed by atoms with E-state index in [9.17, 15) is 19.0 Å². The van der Waals surface area contributed by atoms with Gasteiger partial charge in [0.25, 0.3) is 5.92 Å². The SMILES string of the molecule is C[C@H](CC(F)(F)[C@@H](C)O)[C@H]1CC[C@@H]2[C@]1(C)CC[C@@H]1C3(C)CC[C@](C)(O)C[C@@H]3CC[C@]12N. The lowest BCUT2D eigenvalue weighted by Crippen LogP contribution is -2.68. The topological polar surface area (TPSA) is 66.5 Å². The first-order chi connectivity index (χ1) is 14.2. The van der Waals surface area contributed by atoms with E-state index in [1.54, 1.807) is 0 Å². The molecule has 4 rings (SSSR count). The van der Waals surface area contributed by atoms with Gasteiger partial charge >= 0.3 is 0 Å². The average molecular weight is 442 g/mol. The molecule has 3 nitrogen and oxygen atoms in total. The van der Waals surface area contributed by atoms with Gasteiger partial charge < -0.3 is 15.9 Å². The predicted molar refractivity (Wildman–Crippen MR) is 120 cm³/mol. The van der Waals surface area contributed by atoms with Crippen LogP contribution in [0.15, 0.2) is 0 Å².